The lowest BCUT2D eigenvalue weighted by atomic mass is 9.81. The number of carbonyl (C=O) groups is 1. The minimum atomic E-state index is -0.873. The number of carboxylic acids is 1. The Labute approximate surface area is 112 Å². The lowest BCUT2D eigenvalue weighted by Crippen LogP contribution is -2.26. The van der Waals surface area contributed by atoms with E-state index in [-0.39, 0.29) is 0 Å². The second-order valence-electron chi connectivity index (χ2n) is 5.46. The number of carboxylic acid groups (broad SMARTS) is 1. The molecule has 1 aliphatic carbocycles. The van der Waals surface area contributed by atoms with Crippen LogP contribution in [0.15, 0.2) is 18.2 Å². The minimum Gasteiger partial charge on any atom is -0.478 e. The normalized spacial score (nSPS) is 22.4. The molecular formula is C15H18N2O2. The lowest BCUT2D eigenvalue weighted by molar-refractivity contribution is 0.0698. The van der Waals surface area contributed by atoms with Gasteiger partial charge in [-0.1, -0.05) is 19.9 Å². The second-order valence-corrected chi connectivity index (χ2v) is 5.46. The molecule has 1 heterocycles. The molecule has 2 aromatic rings. The average molecular weight is 258 g/mol. The zero-order valence-corrected chi connectivity index (χ0v) is 11.3. The third-order valence-electron chi connectivity index (χ3n) is 4.04. The van der Waals surface area contributed by atoms with Gasteiger partial charge in [0, 0.05) is 12.5 Å². The number of imidazole rings is 1. The molecule has 19 heavy (non-hydrogen) atoms. The zero-order valence-electron chi connectivity index (χ0n) is 11.3. The highest BCUT2D eigenvalue weighted by atomic mass is 16.4. The molecule has 1 saturated carbocycles. The summed E-state index contributed by atoms with van der Waals surface area (Å²) in [6, 6.07) is 5.76. The molecule has 3 rings (SSSR count). The first-order chi connectivity index (χ1) is 9.11. The van der Waals surface area contributed by atoms with Crippen LogP contribution < -0.4 is 0 Å². The Morgan fingerprint density at radius 2 is 2.21 bits per heavy atom. The van der Waals surface area contributed by atoms with Crippen molar-refractivity contribution in [1.29, 1.82) is 0 Å². The summed E-state index contributed by atoms with van der Waals surface area (Å²) in [5, 5.41) is 9.37. The van der Waals surface area contributed by atoms with Crippen molar-refractivity contribution < 1.29 is 9.90 Å². The Morgan fingerprint density at radius 1 is 1.47 bits per heavy atom. The molecule has 1 aromatic carbocycles. The lowest BCUT2D eigenvalue weighted by Gasteiger charge is -2.35. The number of nitrogens with zero attached hydrogens (tertiary/aromatic N) is 2. The van der Waals surface area contributed by atoms with Crippen molar-refractivity contribution in [2.75, 3.05) is 0 Å². The third-order valence-corrected chi connectivity index (χ3v) is 4.04. The third kappa shape index (κ3) is 1.82. The molecule has 0 spiro atoms. The maximum Gasteiger partial charge on any atom is 0.337 e. The van der Waals surface area contributed by atoms with Gasteiger partial charge in [0.15, 0.2) is 0 Å². The van der Waals surface area contributed by atoms with Gasteiger partial charge in [-0.3, -0.25) is 0 Å². The van der Waals surface area contributed by atoms with Crippen LogP contribution in [0.2, 0.25) is 0 Å². The van der Waals surface area contributed by atoms with E-state index >= 15 is 0 Å². The van der Waals surface area contributed by atoms with E-state index in [4.69, 9.17) is 0 Å². The summed E-state index contributed by atoms with van der Waals surface area (Å²) in [5.41, 5.74) is 1.96. The fraction of sp³-hybridized carbons (Fsp3) is 0.467. The first kappa shape index (κ1) is 12.2. The van der Waals surface area contributed by atoms with E-state index < -0.39 is 5.97 Å². The molecule has 1 fully saturated rings. The zero-order chi connectivity index (χ0) is 13.6. The van der Waals surface area contributed by atoms with Crippen LogP contribution in [0.4, 0.5) is 0 Å². The quantitative estimate of drug-likeness (QED) is 0.919. The molecule has 0 bridgehead atoms. The van der Waals surface area contributed by atoms with Gasteiger partial charge in [-0.15, -0.1) is 0 Å². The smallest absolute Gasteiger partial charge is 0.337 e. The van der Waals surface area contributed by atoms with E-state index in [2.05, 4.69) is 23.4 Å². The standard InChI is InChI=1S/C15H18N2O2/c1-3-13-16-12-6-4-5-11(15(18)19)14(12)17(13)10-7-9(2)8-10/h4-6,9-10H,3,7-8H2,1-2H3,(H,18,19). The van der Waals surface area contributed by atoms with Gasteiger partial charge in [0.05, 0.1) is 16.6 Å². The molecule has 0 atom stereocenters. The maximum atomic E-state index is 11.4. The Morgan fingerprint density at radius 3 is 2.79 bits per heavy atom. The van der Waals surface area contributed by atoms with Crippen LogP contribution in [-0.2, 0) is 6.42 Å². The fourth-order valence-corrected chi connectivity index (χ4v) is 3.08. The van der Waals surface area contributed by atoms with E-state index in [1.807, 2.05) is 6.07 Å². The van der Waals surface area contributed by atoms with Crippen LogP contribution in [0.1, 0.15) is 48.9 Å². The van der Waals surface area contributed by atoms with Gasteiger partial charge in [0.1, 0.15) is 5.82 Å². The molecule has 1 aromatic heterocycles. The molecule has 0 aliphatic heterocycles. The first-order valence-electron chi connectivity index (χ1n) is 6.85. The Hall–Kier alpha value is -1.84. The van der Waals surface area contributed by atoms with E-state index in [1.165, 1.54) is 0 Å². The van der Waals surface area contributed by atoms with E-state index in [0.29, 0.717) is 11.6 Å². The summed E-state index contributed by atoms with van der Waals surface area (Å²) in [4.78, 5) is 16.0. The monoisotopic (exact) mass is 258 g/mol. The number of rotatable bonds is 3. The van der Waals surface area contributed by atoms with Gasteiger partial charge in [-0.25, -0.2) is 9.78 Å². The number of hydrogen-bond donors (Lipinski definition) is 1. The predicted molar refractivity (Wildman–Crippen MR) is 73.5 cm³/mol. The molecule has 100 valence electrons. The Bertz CT molecular complexity index is 639. The molecule has 1 aliphatic rings. The summed E-state index contributed by atoms with van der Waals surface area (Å²) < 4.78 is 2.17. The number of aromatic nitrogens is 2. The highest BCUT2D eigenvalue weighted by Gasteiger charge is 2.31. The van der Waals surface area contributed by atoms with Crippen molar-refractivity contribution in [2.24, 2.45) is 5.92 Å². The SMILES string of the molecule is CCc1nc2cccc(C(=O)O)c2n1C1CC(C)C1. The Kier molecular flexibility index (Phi) is 2.81. The van der Waals surface area contributed by atoms with Crippen molar-refractivity contribution in [3.05, 3.63) is 29.6 Å². The Balaban J connectivity index is 2.24. The summed E-state index contributed by atoms with van der Waals surface area (Å²) in [5.74, 6) is 0.853. The van der Waals surface area contributed by atoms with Crippen LogP contribution in [0.3, 0.4) is 0 Å². The van der Waals surface area contributed by atoms with E-state index in [0.717, 1.165) is 42.0 Å². The number of aryl methyl sites for hydroxylation is 1. The largest absolute Gasteiger partial charge is 0.478 e. The van der Waals surface area contributed by atoms with Gasteiger partial charge in [0.25, 0.3) is 0 Å². The predicted octanol–water partition coefficient (Wildman–Crippen LogP) is 3.27. The topological polar surface area (TPSA) is 55.1 Å². The number of aromatic carboxylic acids is 1. The van der Waals surface area contributed by atoms with Crippen LogP contribution >= 0.6 is 0 Å². The van der Waals surface area contributed by atoms with Crippen molar-refractivity contribution in [1.82, 2.24) is 9.55 Å². The summed E-state index contributed by atoms with van der Waals surface area (Å²) >= 11 is 0. The molecular weight excluding hydrogens is 240 g/mol. The van der Waals surface area contributed by atoms with Crippen LogP contribution in [-0.4, -0.2) is 20.6 Å². The van der Waals surface area contributed by atoms with Crippen LogP contribution in [0, 0.1) is 5.92 Å². The summed E-state index contributed by atoms with van der Waals surface area (Å²) in [6.07, 6.45) is 3.07. The van der Waals surface area contributed by atoms with Gasteiger partial charge in [-0.05, 0) is 30.9 Å². The molecule has 0 unspecified atom stereocenters. The van der Waals surface area contributed by atoms with Gasteiger partial charge >= 0.3 is 5.97 Å². The van der Waals surface area contributed by atoms with Crippen LogP contribution in [0.5, 0.6) is 0 Å². The van der Waals surface area contributed by atoms with Gasteiger partial charge < -0.3 is 9.67 Å². The van der Waals surface area contributed by atoms with Gasteiger partial charge in [0.2, 0.25) is 0 Å². The van der Waals surface area contributed by atoms with Crippen molar-refractivity contribution in [3.63, 3.8) is 0 Å². The molecule has 0 amide bonds. The number of benzene rings is 1. The van der Waals surface area contributed by atoms with E-state index in [1.54, 1.807) is 12.1 Å². The van der Waals surface area contributed by atoms with Crippen molar-refractivity contribution >= 4 is 17.0 Å². The average Bonchev–Trinajstić information content (AvgIpc) is 2.72. The second kappa shape index (κ2) is 4.37. The van der Waals surface area contributed by atoms with Crippen molar-refractivity contribution in [2.45, 2.75) is 39.2 Å². The highest BCUT2D eigenvalue weighted by Crippen LogP contribution is 2.40. The van der Waals surface area contributed by atoms with Gasteiger partial charge in [-0.2, -0.15) is 0 Å². The molecule has 1 N–H and O–H groups in total. The number of hydrogen-bond acceptors (Lipinski definition) is 2. The van der Waals surface area contributed by atoms with E-state index in [9.17, 15) is 9.90 Å². The number of fused-ring (bicyclic) bond motifs is 1. The molecule has 0 saturated heterocycles. The number of para-hydroxylation sites is 1. The molecule has 4 nitrogen and oxygen atoms in total. The van der Waals surface area contributed by atoms with Crippen molar-refractivity contribution in [3.8, 4) is 0 Å². The first-order valence-corrected chi connectivity index (χ1v) is 6.85. The minimum absolute atomic E-state index is 0.365. The van der Waals surface area contributed by atoms with Crippen LogP contribution in [0.25, 0.3) is 11.0 Å². The fourth-order valence-electron chi connectivity index (χ4n) is 3.08. The highest BCUT2D eigenvalue weighted by molar-refractivity contribution is 6.01. The summed E-state index contributed by atoms with van der Waals surface area (Å²) in [6.45, 7) is 4.31. The summed E-state index contributed by atoms with van der Waals surface area (Å²) in [7, 11) is 0. The molecule has 0 radical (unpaired) electrons. The molecule has 4 heteroatoms. The maximum absolute atomic E-state index is 11.4.